The predicted octanol–water partition coefficient (Wildman–Crippen LogP) is 2.92. The summed E-state index contributed by atoms with van der Waals surface area (Å²) in [5.74, 6) is 0.0447. The van der Waals surface area contributed by atoms with Crippen LogP contribution < -0.4 is 4.90 Å². The molecular weight excluding hydrogens is 212 g/mol. The summed E-state index contributed by atoms with van der Waals surface area (Å²) in [7, 11) is 0. The number of carbonyl (C=O) groups excluding carboxylic acids is 1. The molecule has 0 saturated carbocycles. The van der Waals surface area contributed by atoms with E-state index in [0.29, 0.717) is 6.54 Å². The van der Waals surface area contributed by atoms with E-state index in [1.165, 1.54) is 0 Å². The molecule has 0 aliphatic rings. The van der Waals surface area contributed by atoms with Gasteiger partial charge in [0.25, 0.3) is 0 Å². The first-order valence-electron chi connectivity index (χ1n) is 5.77. The van der Waals surface area contributed by atoms with Crippen molar-refractivity contribution in [2.75, 3.05) is 11.4 Å². The number of rotatable bonds is 2. The Morgan fingerprint density at radius 3 is 2.53 bits per heavy atom. The molecule has 0 aliphatic heterocycles. The fourth-order valence-electron chi connectivity index (χ4n) is 2.10. The molecule has 3 nitrogen and oxygen atoms in total. The number of carbonyl (C=O) groups is 1. The van der Waals surface area contributed by atoms with Crippen molar-refractivity contribution in [2.24, 2.45) is 0 Å². The molecule has 0 N–H and O–H groups in total. The smallest absolute Gasteiger partial charge is 0.223 e. The van der Waals surface area contributed by atoms with Gasteiger partial charge in [0, 0.05) is 29.9 Å². The Hall–Kier alpha value is -1.90. The molecule has 17 heavy (non-hydrogen) atoms. The van der Waals surface area contributed by atoms with Crippen molar-refractivity contribution < 1.29 is 4.79 Å². The lowest BCUT2D eigenvalue weighted by atomic mass is 10.1. The normalized spacial score (nSPS) is 10.5. The number of pyridine rings is 1. The van der Waals surface area contributed by atoms with E-state index in [-0.39, 0.29) is 5.91 Å². The minimum absolute atomic E-state index is 0.0447. The summed E-state index contributed by atoms with van der Waals surface area (Å²) >= 11 is 0. The van der Waals surface area contributed by atoms with E-state index < -0.39 is 0 Å². The summed E-state index contributed by atoms with van der Waals surface area (Å²) in [5, 5.41) is 2.18. The molecule has 1 heterocycles. The first kappa shape index (κ1) is 11.6. The first-order valence-corrected chi connectivity index (χ1v) is 5.77. The van der Waals surface area contributed by atoms with Gasteiger partial charge in [-0.1, -0.05) is 24.3 Å². The molecule has 0 atom stereocenters. The van der Waals surface area contributed by atoms with Crippen LogP contribution in [0.5, 0.6) is 0 Å². The molecule has 0 unspecified atom stereocenters. The highest BCUT2D eigenvalue weighted by atomic mass is 16.2. The largest absolute Gasteiger partial charge is 0.311 e. The minimum Gasteiger partial charge on any atom is -0.311 e. The average Bonchev–Trinajstić information content (AvgIpc) is 2.33. The lowest BCUT2D eigenvalue weighted by Crippen LogP contribution is -2.28. The van der Waals surface area contributed by atoms with Gasteiger partial charge >= 0.3 is 0 Å². The molecule has 88 valence electrons. The highest BCUT2D eigenvalue weighted by Gasteiger charge is 2.13. The monoisotopic (exact) mass is 228 g/mol. The second-order valence-electron chi connectivity index (χ2n) is 4.04. The standard InChI is InChI=1S/C14H16N2O/c1-4-16(11(3)17)14-9-15-10(2)12-7-5-6-8-13(12)14/h5-9H,4H2,1-3H3. The predicted molar refractivity (Wildman–Crippen MR) is 70.2 cm³/mol. The highest BCUT2D eigenvalue weighted by Crippen LogP contribution is 2.27. The van der Waals surface area contributed by atoms with Gasteiger partial charge in [0.15, 0.2) is 0 Å². The summed E-state index contributed by atoms with van der Waals surface area (Å²) in [5.41, 5.74) is 1.88. The molecule has 0 radical (unpaired) electrons. The van der Waals surface area contributed by atoms with Gasteiger partial charge in [-0.15, -0.1) is 0 Å². The topological polar surface area (TPSA) is 33.2 Å². The van der Waals surface area contributed by atoms with Crippen LogP contribution in [0.1, 0.15) is 19.5 Å². The zero-order valence-electron chi connectivity index (χ0n) is 10.4. The van der Waals surface area contributed by atoms with Gasteiger partial charge in [-0.25, -0.2) is 0 Å². The van der Waals surface area contributed by atoms with Crippen LogP contribution in [-0.4, -0.2) is 17.4 Å². The number of hydrogen-bond donors (Lipinski definition) is 0. The summed E-state index contributed by atoms with van der Waals surface area (Å²) in [6.07, 6.45) is 1.78. The Morgan fingerprint density at radius 1 is 1.29 bits per heavy atom. The van der Waals surface area contributed by atoms with Crippen molar-refractivity contribution in [3.8, 4) is 0 Å². The number of benzene rings is 1. The van der Waals surface area contributed by atoms with Crippen LogP contribution in [0.15, 0.2) is 30.5 Å². The summed E-state index contributed by atoms with van der Waals surface area (Å²) in [6.45, 7) is 6.19. The molecule has 3 heteroatoms. The molecule has 0 spiro atoms. The van der Waals surface area contributed by atoms with Crippen LogP contribution in [0, 0.1) is 6.92 Å². The van der Waals surface area contributed by atoms with E-state index in [2.05, 4.69) is 4.98 Å². The van der Waals surface area contributed by atoms with E-state index in [1.54, 1.807) is 18.0 Å². The molecule has 1 aromatic heterocycles. The maximum Gasteiger partial charge on any atom is 0.223 e. The van der Waals surface area contributed by atoms with Gasteiger partial charge in [0.05, 0.1) is 11.9 Å². The SMILES string of the molecule is CCN(C(C)=O)c1cnc(C)c2ccccc12. The number of amides is 1. The fraction of sp³-hybridized carbons (Fsp3) is 0.286. The van der Waals surface area contributed by atoms with Crippen LogP contribution in [-0.2, 0) is 4.79 Å². The van der Waals surface area contributed by atoms with E-state index in [9.17, 15) is 4.79 Å². The quantitative estimate of drug-likeness (QED) is 0.791. The number of nitrogens with zero attached hydrogens (tertiary/aromatic N) is 2. The lowest BCUT2D eigenvalue weighted by molar-refractivity contribution is -0.116. The molecule has 2 aromatic rings. The van der Waals surface area contributed by atoms with Gasteiger partial charge in [-0.05, 0) is 13.8 Å². The van der Waals surface area contributed by atoms with Crippen LogP contribution in [0.4, 0.5) is 5.69 Å². The summed E-state index contributed by atoms with van der Waals surface area (Å²) in [4.78, 5) is 17.7. The van der Waals surface area contributed by atoms with Gasteiger partial charge in [0.2, 0.25) is 5.91 Å². The van der Waals surface area contributed by atoms with Crippen molar-refractivity contribution in [3.63, 3.8) is 0 Å². The Morgan fingerprint density at radius 2 is 1.94 bits per heavy atom. The number of fused-ring (bicyclic) bond motifs is 1. The Kier molecular flexibility index (Phi) is 3.09. The maximum atomic E-state index is 11.6. The van der Waals surface area contributed by atoms with Crippen molar-refractivity contribution in [1.29, 1.82) is 0 Å². The fourth-order valence-corrected chi connectivity index (χ4v) is 2.10. The van der Waals surface area contributed by atoms with Crippen LogP contribution in [0.25, 0.3) is 10.8 Å². The molecule has 0 fully saturated rings. The Labute approximate surface area is 101 Å². The Balaban J connectivity index is 2.70. The van der Waals surface area contributed by atoms with Crippen LogP contribution in [0.2, 0.25) is 0 Å². The first-order chi connectivity index (χ1) is 8.15. The lowest BCUT2D eigenvalue weighted by Gasteiger charge is -2.21. The van der Waals surface area contributed by atoms with Crippen LogP contribution >= 0.6 is 0 Å². The molecule has 0 bridgehead atoms. The van der Waals surface area contributed by atoms with E-state index in [0.717, 1.165) is 22.2 Å². The minimum atomic E-state index is 0.0447. The number of aryl methyl sites for hydroxylation is 1. The van der Waals surface area contributed by atoms with E-state index >= 15 is 0 Å². The van der Waals surface area contributed by atoms with E-state index in [4.69, 9.17) is 0 Å². The molecule has 0 aliphatic carbocycles. The van der Waals surface area contributed by atoms with Gasteiger partial charge in [-0.2, -0.15) is 0 Å². The zero-order valence-corrected chi connectivity index (χ0v) is 10.4. The van der Waals surface area contributed by atoms with Gasteiger partial charge in [0.1, 0.15) is 0 Å². The third-order valence-corrected chi connectivity index (χ3v) is 2.96. The molecule has 1 amide bonds. The number of hydrogen-bond acceptors (Lipinski definition) is 2. The van der Waals surface area contributed by atoms with E-state index in [1.807, 2.05) is 38.1 Å². The van der Waals surface area contributed by atoms with Gasteiger partial charge in [-0.3, -0.25) is 9.78 Å². The maximum absolute atomic E-state index is 11.6. The molecule has 1 aromatic carbocycles. The molecule has 0 saturated heterocycles. The highest BCUT2D eigenvalue weighted by molar-refractivity contribution is 6.03. The third kappa shape index (κ3) is 2.00. The van der Waals surface area contributed by atoms with Crippen molar-refractivity contribution in [2.45, 2.75) is 20.8 Å². The van der Waals surface area contributed by atoms with Gasteiger partial charge < -0.3 is 4.90 Å². The van der Waals surface area contributed by atoms with Crippen molar-refractivity contribution >= 4 is 22.4 Å². The summed E-state index contributed by atoms with van der Waals surface area (Å²) in [6, 6.07) is 8.05. The number of aromatic nitrogens is 1. The van der Waals surface area contributed by atoms with Crippen LogP contribution in [0.3, 0.4) is 0 Å². The average molecular weight is 228 g/mol. The summed E-state index contributed by atoms with van der Waals surface area (Å²) < 4.78 is 0. The zero-order chi connectivity index (χ0) is 12.4. The van der Waals surface area contributed by atoms with Crippen molar-refractivity contribution in [1.82, 2.24) is 4.98 Å². The molecule has 2 rings (SSSR count). The second-order valence-corrected chi connectivity index (χ2v) is 4.04. The number of anilines is 1. The Bertz CT molecular complexity index is 563. The van der Waals surface area contributed by atoms with Crippen molar-refractivity contribution in [3.05, 3.63) is 36.2 Å². The second kappa shape index (κ2) is 4.53. The third-order valence-electron chi connectivity index (χ3n) is 2.96. The molecular formula is C14H16N2O.